The molecule has 3 heterocycles. The Balaban J connectivity index is 1.88. The number of aryl methyl sites for hydroxylation is 1. The number of alkyl halides is 2. The predicted molar refractivity (Wildman–Crippen MR) is 77.6 cm³/mol. The molecule has 0 bridgehead atoms. The number of nitrogens with zero attached hydrogens (tertiary/aromatic N) is 4. The topological polar surface area (TPSA) is 58.4 Å². The second-order valence-corrected chi connectivity index (χ2v) is 6.34. The van der Waals surface area contributed by atoms with Crippen molar-refractivity contribution in [3.63, 3.8) is 0 Å². The van der Waals surface area contributed by atoms with E-state index in [0.29, 0.717) is 6.42 Å². The Morgan fingerprint density at radius 1 is 1.39 bits per heavy atom. The summed E-state index contributed by atoms with van der Waals surface area (Å²) in [5.74, 6) is -3.67. The predicted octanol–water partition coefficient (Wildman–Crippen LogP) is 1.20. The van der Waals surface area contributed by atoms with Crippen molar-refractivity contribution in [1.82, 2.24) is 19.6 Å². The number of piperidine rings is 1. The Labute approximate surface area is 133 Å². The van der Waals surface area contributed by atoms with Crippen molar-refractivity contribution in [1.29, 1.82) is 0 Å². The van der Waals surface area contributed by atoms with Crippen LogP contribution in [0.25, 0.3) is 0 Å². The van der Waals surface area contributed by atoms with Gasteiger partial charge in [-0.25, -0.2) is 8.78 Å². The Morgan fingerprint density at radius 2 is 2.13 bits per heavy atom. The average molecular weight is 326 g/mol. The van der Waals surface area contributed by atoms with Gasteiger partial charge in [0.05, 0.1) is 24.2 Å². The lowest BCUT2D eigenvalue weighted by atomic mass is 9.86. The maximum atomic E-state index is 13.4. The highest BCUT2D eigenvalue weighted by Crippen LogP contribution is 2.38. The first kappa shape index (κ1) is 15.9. The molecule has 8 heteroatoms. The van der Waals surface area contributed by atoms with Gasteiger partial charge in [0, 0.05) is 39.7 Å². The molecule has 2 saturated heterocycles. The fourth-order valence-corrected chi connectivity index (χ4v) is 3.53. The third kappa shape index (κ3) is 2.82. The first-order chi connectivity index (χ1) is 10.8. The van der Waals surface area contributed by atoms with Gasteiger partial charge in [-0.1, -0.05) is 0 Å². The SMILES string of the molecule is CN1C(=O)CC[C@H](C(=O)N2CCC(F)(F)C2)[C@H]1c1ccnn1C. The van der Waals surface area contributed by atoms with Crippen LogP contribution in [-0.2, 0) is 16.6 Å². The summed E-state index contributed by atoms with van der Waals surface area (Å²) in [4.78, 5) is 27.6. The first-order valence-corrected chi connectivity index (χ1v) is 7.70. The molecule has 2 fully saturated rings. The molecule has 2 aliphatic heterocycles. The average Bonchev–Trinajstić information content (AvgIpc) is 3.06. The number of amides is 2. The third-order valence-corrected chi connectivity index (χ3v) is 4.82. The van der Waals surface area contributed by atoms with Gasteiger partial charge in [-0.05, 0) is 12.5 Å². The van der Waals surface area contributed by atoms with Crippen LogP contribution in [0.1, 0.15) is 31.0 Å². The molecule has 1 aromatic heterocycles. The second-order valence-electron chi connectivity index (χ2n) is 6.34. The summed E-state index contributed by atoms with van der Waals surface area (Å²) < 4.78 is 28.5. The minimum Gasteiger partial charge on any atom is -0.336 e. The number of hydrogen-bond acceptors (Lipinski definition) is 3. The Bertz CT molecular complexity index is 631. The number of rotatable bonds is 2. The van der Waals surface area contributed by atoms with Crippen molar-refractivity contribution >= 4 is 11.8 Å². The summed E-state index contributed by atoms with van der Waals surface area (Å²) in [5.41, 5.74) is 0.741. The van der Waals surface area contributed by atoms with Crippen molar-refractivity contribution in [3.05, 3.63) is 18.0 Å². The highest BCUT2D eigenvalue weighted by atomic mass is 19.3. The largest absolute Gasteiger partial charge is 0.336 e. The zero-order chi connectivity index (χ0) is 16.8. The molecule has 2 amide bonds. The van der Waals surface area contributed by atoms with E-state index in [0.717, 1.165) is 5.69 Å². The van der Waals surface area contributed by atoms with Gasteiger partial charge in [0.1, 0.15) is 0 Å². The van der Waals surface area contributed by atoms with Crippen LogP contribution < -0.4 is 0 Å². The molecule has 0 unspecified atom stereocenters. The minimum atomic E-state index is -2.81. The van der Waals surface area contributed by atoms with Crippen molar-refractivity contribution in [2.24, 2.45) is 13.0 Å². The van der Waals surface area contributed by atoms with E-state index in [-0.39, 0.29) is 31.2 Å². The number of carbonyl (C=O) groups is 2. The molecule has 0 N–H and O–H groups in total. The summed E-state index contributed by atoms with van der Waals surface area (Å²) in [6.45, 7) is -0.462. The molecule has 0 saturated carbocycles. The van der Waals surface area contributed by atoms with Crippen LogP contribution in [0.3, 0.4) is 0 Å². The number of halogens is 2. The monoisotopic (exact) mass is 326 g/mol. The van der Waals surface area contributed by atoms with Crippen LogP contribution >= 0.6 is 0 Å². The van der Waals surface area contributed by atoms with Crippen molar-refractivity contribution in [3.8, 4) is 0 Å². The van der Waals surface area contributed by atoms with E-state index in [9.17, 15) is 18.4 Å². The smallest absolute Gasteiger partial charge is 0.267 e. The van der Waals surface area contributed by atoms with Gasteiger partial charge < -0.3 is 9.80 Å². The molecule has 0 aromatic carbocycles. The van der Waals surface area contributed by atoms with E-state index in [1.807, 2.05) is 0 Å². The van der Waals surface area contributed by atoms with Gasteiger partial charge in [0.2, 0.25) is 11.8 Å². The van der Waals surface area contributed by atoms with Gasteiger partial charge in [-0.15, -0.1) is 0 Å². The molecule has 6 nitrogen and oxygen atoms in total. The number of hydrogen-bond donors (Lipinski definition) is 0. The molecule has 23 heavy (non-hydrogen) atoms. The zero-order valence-corrected chi connectivity index (χ0v) is 13.2. The Morgan fingerprint density at radius 3 is 2.70 bits per heavy atom. The minimum absolute atomic E-state index is 0.0491. The molecule has 2 aliphatic rings. The molecule has 126 valence electrons. The fraction of sp³-hybridized carbons (Fsp3) is 0.667. The van der Waals surface area contributed by atoms with E-state index >= 15 is 0 Å². The molecule has 2 atom stereocenters. The lowest BCUT2D eigenvalue weighted by Crippen LogP contribution is -2.48. The fourth-order valence-electron chi connectivity index (χ4n) is 3.53. The molecule has 0 spiro atoms. The van der Waals surface area contributed by atoms with Crippen molar-refractivity contribution < 1.29 is 18.4 Å². The van der Waals surface area contributed by atoms with Crippen LogP contribution in [0, 0.1) is 5.92 Å². The van der Waals surface area contributed by atoms with Gasteiger partial charge in [-0.2, -0.15) is 5.10 Å². The molecule has 0 aliphatic carbocycles. The van der Waals surface area contributed by atoms with Crippen molar-refractivity contribution in [2.75, 3.05) is 20.1 Å². The summed E-state index contributed by atoms with van der Waals surface area (Å²) in [6, 6.07) is 1.30. The maximum Gasteiger partial charge on any atom is 0.267 e. The van der Waals surface area contributed by atoms with E-state index in [1.54, 1.807) is 31.0 Å². The zero-order valence-electron chi connectivity index (χ0n) is 13.2. The maximum absolute atomic E-state index is 13.4. The lowest BCUT2D eigenvalue weighted by Gasteiger charge is -2.39. The summed E-state index contributed by atoms with van der Waals surface area (Å²) in [6.07, 6.45) is 1.94. The van der Waals surface area contributed by atoms with Crippen LogP contribution in [-0.4, -0.2) is 57.5 Å². The van der Waals surface area contributed by atoms with Gasteiger partial charge in [-0.3, -0.25) is 14.3 Å². The molecule has 3 rings (SSSR count). The molecule has 1 aromatic rings. The number of carbonyl (C=O) groups excluding carboxylic acids is 2. The van der Waals surface area contributed by atoms with Crippen molar-refractivity contribution in [2.45, 2.75) is 31.2 Å². The highest BCUT2D eigenvalue weighted by Gasteiger charge is 2.46. The van der Waals surface area contributed by atoms with E-state index in [4.69, 9.17) is 0 Å². The lowest BCUT2D eigenvalue weighted by molar-refractivity contribution is -0.147. The first-order valence-electron chi connectivity index (χ1n) is 7.70. The van der Waals surface area contributed by atoms with Gasteiger partial charge >= 0.3 is 0 Å². The van der Waals surface area contributed by atoms with Gasteiger partial charge in [0.15, 0.2) is 0 Å². The molecule has 0 radical (unpaired) electrons. The van der Waals surface area contributed by atoms with Gasteiger partial charge in [0.25, 0.3) is 5.92 Å². The number of likely N-dealkylation sites (tertiary alicyclic amines) is 2. The van der Waals surface area contributed by atoms with Crippen LogP contribution in [0.2, 0.25) is 0 Å². The molecular weight excluding hydrogens is 306 g/mol. The van der Waals surface area contributed by atoms with E-state index in [2.05, 4.69) is 5.10 Å². The van der Waals surface area contributed by atoms with E-state index in [1.165, 1.54) is 9.80 Å². The normalized spacial score (nSPS) is 27.6. The number of aromatic nitrogens is 2. The van der Waals surface area contributed by atoms with Crippen LogP contribution in [0.15, 0.2) is 12.3 Å². The van der Waals surface area contributed by atoms with Crippen LogP contribution in [0.4, 0.5) is 8.78 Å². The standard InChI is InChI=1S/C15H20F2N4O2/c1-19-12(22)4-3-10(13(19)11-5-7-18-20(11)2)14(23)21-8-6-15(16,17)9-21/h5,7,10,13H,3-4,6,8-9H2,1-2H3/t10-,13-/m0/s1. The summed E-state index contributed by atoms with van der Waals surface area (Å²) in [5, 5.41) is 4.10. The van der Waals surface area contributed by atoms with Crippen LogP contribution in [0.5, 0.6) is 0 Å². The Hall–Kier alpha value is -1.99. The third-order valence-electron chi connectivity index (χ3n) is 4.82. The highest BCUT2D eigenvalue weighted by molar-refractivity contribution is 5.85. The second kappa shape index (κ2) is 5.58. The summed E-state index contributed by atoms with van der Waals surface area (Å²) in [7, 11) is 3.39. The Kier molecular flexibility index (Phi) is 3.85. The summed E-state index contributed by atoms with van der Waals surface area (Å²) >= 11 is 0. The molecular formula is C15H20F2N4O2. The van der Waals surface area contributed by atoms with E-state index < -0.39 is 24.4 Å². The quantitative estimate of drug-likeness (QED) is 0.820.